The number of nitrogens with zero attached hydrogens (tertiary/aromatic N) is 1. The van der Waals surface area contributed by atoms with Crippen LogP contribution in [-0.4, -0.2) is 59.8 Å². The van der Waals surface area contributed by atoms with Gasteiger partial charge in [0.2, 0.25) is 5.91 Å². The van der Waals surface area contributed by atoms with Crippen molar-refractivity contribution in [2.45, 2.75) is 43.9 Å². The topological polar surface area (TPSA) is 88.1 Å². The fourth-order valence-corrected chi connectivity index (χ4v) is 4.85. The summed E-state index contributed by atoms with van der Waals surface area (Å²) in [6.07, 6.45) is 2.05. The predicted molar refractivity (Wildman–Crippen MR) is 132 cm³/mol. The number of nitrogens with one attached hydrogen (secondary N) is 1. The lowest BCUT2D eigenvalue weighted by atomic mass is 9.86. The van der Waals surface area contributed by atoms with E-state index in [2.05, 4.69) is 10.2 Å². The van der Waals surface area contributed by atoms with Gasteiger partial charge in [0.25, 0.3) is 0 Å². The molecule has 2 fully saturated rings. The Labute approximate surface area is 210 Å². The Morgan fingerprint density at radius 2 is 1.91 bits per heavy atom. The molecule has 2 aromatic carbocycles. The highest BCUT2D eigenvalue weighted by atomic mass is 35.5. The third kappa shape index (κ3) is 5.84. The first kappa shape index (κ1) is 26.3. The molecule has 2 N–H and O–H groups in total. The summed E-state index contributed by atoms with van der Waals surface area (Å²) in [6.45, 7) is 4.40. The van der Waals surface area contributed by atoms with E-state index in [4.69, 9.17) is 26.2 Å². The standard InChI is InChI=1S/C25H29ClN2O5.ClH/c1-17(18-5-7-19(8-6-18)23(29)30)27-24(31)25(10-13-32-14-11-25)28-12-9-22(16-28)33-21-4-2-3-20(26)15-21;/h2-8,15,17,22H,9-14,16H2,1H3,(H,27,31)(H,29,30);1H/t17-,22-;/m0./s1. The molecule has 0 unspecified atom stereocenters. The molecule has 1 amide bonds. The lowest BCUT2D eigenvalue weighted by Gasteiger charge is -2.43. The number of carboxylic acids is 1. The average molecular weight is 509 g/mol. The number of hydrogen-bond acceptors (Lipinski definition) is 5. The first-order chi connectivity index (χ1) is 15.9. The smallest absolute Gasteiger partial charge is 0.335 e. The minimum atomic E-state index is -0.969. The Morgan fingerprint density at radius 1 is 1.21 bits per heavy atom. The van der Waals surface area contributed by atoms with E-state index < -0.39 is 11.5 Å². The molecule has 184 valence electrons. The van der Waals surface area contributed by atoms with Crippen LogP contribution in [0.1, 0.15) is 48.1 Å². The maximum Gasteiger partial charge on any atom is 0.335 e. The van der Waals surface area contributed by atoms with Crippen molar-refractivity contribution in [1.82, 2.24) is 10.2 Å². The molecule has 7 nitrogen and oxygen atoms in total. The van der Waals surface area contributed by atoms with Crippen LogP contribution in [0.4, 0.5) is 0 Å². The number of rotatable bonds is 7. The fourth-order valence-electron chi connectivity index (χ4n) is 4.67. The number of halogens is 2. The zero-order valence-corrected chi connectivity index (χ0v) is 20.6. The lowest BCUT2D eigenvalue weighted by Crippen LogP contribution is -2.61. The molecule has 2 saturated heterocycles. The predicted octanol–water partition coefficient (Wildman–Crippen LogP) is 4.34. The van der Waals surface area contributed by atoms with Crippen molar-refractivity contribution in [3.63, 3.8) is 0 Å². The van der Waals surface area contributed by atoms with Crippen LogP contribution in [-0.2, 0) is 9.53 Å². The molecule has 9 heteroatoms. The molecule has 0 saturated carbocycles. The molecule has 0 aliphatic carbocycles. The van der Waals surface area contributed by atoms with Gasteiger partial charge in [0, 0.05) is 31.3 Å². The largest absolute Gasteiger partial charge is 0.489 e. The van der Waals surface area contributed by atoms with E-state index in [0.29, 0.717) is 37.6 Å². The van der Waals surface area contributed by atoms with E-state index in [0.717, 1.165) is 24.3 Å². The number of carbonyl (C=O) groups is 2. The monoisotopic (exact) mass is 508 g/mol. The van der Waals surface area contributed by atoms with Crippen molar-refractivity contribution < 1.29 is 24.2 Å². The molecule has 2 aliphatic heterocycles. The number of carbonyl (C=O) groups excluding carboxylic acids is 1. The molecule has 2 aliphatic rings. The fraction of sp³-hybridized carbons (Fsp3) is 0.440. The van der Waals surface area contributed by atoms with Gasteiger partial charge in [0.15, 0.2) is 0 Å². The van der Waals surface area contributed by atoms with Crippen molar-refractivity contribution in [3.8, 4) is 5.75 Å². The van der Waals surface area contributed by atoms with Crippen LogP contribution in [0, 0.1) is 0 Å². The van der Waals surface area contributed by atoms with Crippen LogP contribution < -0.4 is 10.1 Å². The van der Waals surface area contributed by atoms with Gasteiger partial charge in [-0.1, -0.05) is 29.8 Å². The molecule has 0 aromatic heterocycles. The Hall–Kier alpha value is -2.32. The van der Waals surface area contributed by atoms with Gasteiger partial charge in [-0.05, 0) is 62.1 Å². The van der Waals surface area contributed by atoms with Crippen LogP contribution in [0.2, 0.25) is 5.02 Å². The van der Waals surface area contributed by atoms with Gasteiger partial charge < -0.3 is 19.9 Å². The molecular formula is C25H30Cl2N2O5. The Balaban J connectivity index is 0.00000324. The van der Waals surface area contributed by atoms with Gasteiger partial charge in [-0.25, -0.2) is 4.79 Å². The van der Waals surface area contributed by atoms with Gasteiger partial charge in [0.05, 0.1) is 11.6 Å². The number of carboxylic acid groups (broad SMARTS) is 1. The van der Waals surface area contributed by atoms with E-state index in [-0.39, 0.29) is 36.0 Å². The second-order valence-electron chi connectivity index (χ2n) is 8.70. The maximum atomic E-state index is 13.6. The van der Waals surface area contributed by atoms with E-state index in [1.165, 1.54) is 0 Å². The first-order valence-electron chi connectivity index (χ1n) is 11.3. The summed E-state index contributed by atoms with van der Waals surface area (Å²) in [6, 6.07) is 13.7. The Bertz CT molecular complexity index is 995. The van der Waals surface area contributed by atoms with Gasteiger partial charge >= 0.3 is 5.97 Å². The third-order valence-electron chi connectivity index (χ3n) is 6.60. The average Bonchev–Trinajstić information content (AvgIpc) is 3.28. The van der Waals surface area contributed by atoms with Crippen LogP contribution in [0.25, 0.3) is 0 Å². The second kappa shape index (κ2) is 11.4. The summed E-state index contributed by atoms with van der Waals surface area (Å²) < 4.78 is 11.7. The number of likely N-dealkylation sites (tertiary alicyclic amines) is 1. The van der Waals surface area contributed by atoms with E-state index in [1.807, 2.05) is 25.1 Å². The molecule has 0 spiro atoms. The van der Waals surface area contributed by atoms with Crippen LogP contribution >= 0.6 is 24.0 Å². The highest BCUT2D eigenvalue weighted by Gasteiger charge is 2.48. The summed E-state index contributed by atoms with van der Waals surface area (Å²) in [5.74, 6) is -0.259. The first-order valence-corrected chi connectivity index (χ1v) is 11.6. The molecule has 34 heavy (non-hydrogen) atoms. The van der Waals surface area contributed by atoms with Crippen molar-refractivity contribution in [3.05, 3.63) is 64.7 Å². The number of hydrogen-bond donors (Lipinski definition) is 2. The molecule has 4 rings (SSSR count). The van der Waals surface area contributed by atoms with Crippen LogP contribution in [0.3, 0.4) is 0 Å². The minimum Gasteiger partial charge on any atom is -0.489 e. The lowest BCUT2D eigenvalue weighted by molar-refractivity contribution is -0.140. The third-order valence-corrected chi connectivity index (χ3v) is 6.83. The van der Waals surface area contributed by atoms with E-state index in [1.54, 1.807) is 30.3 Å². The summed E-state index contributed by atoms with van der Waals surface area (Å²) in [5.41, 5.74) is 0.431. The molecule has 0 bridgehead atoms. The van der Waals surface area contributed by atoms with E-state index in [9.17, 15) is 9.59 Å². The number of aromatic carboxylic acids is 1. The molecule has 2 heterocycles. The van der Waals surface area contributed by atoms with Crippen molar-refractivity contribution in [1.29, 1.82) is 0 Å². The van der Waals surface area contributed by atoms with Crippen LogP contribution in [0.15, 0.2) is 48.5 Å². The van der Waals surface area contributed by atoms with Gasteiger partial charge in [-0.2, -0.15) is 0 Å². The van der Waals surface area contributed by atoms with Gasteiger partial charge in [0.1, 0.15) is 17.4 Å². The SMILES string of the molecule is C[C@H](NC(=O)C1(N2CC[C@H](Oc3cccc(Cl)c3)C2)CCOCC1)c1ccc(C(=O)O)cc1.Cl. The van der Waals surface area contributed by atoms with E-state index >= 15 is 0 Å². The summed E-state index contributed by atoms with van der Waals surface area (Å²) >= 11 is 6.08. The van der Waals surface area contributed by atoms with Crippen molar-refractivity contribution >= 4 is 35.9 Å². The Kier molecular flexibility index (Phi) is 8.82. The highest BCUT2D eigenvalue weighted by molar-refractivity contribution is 6.30. The maximum absolute atomic E-state index is 13.6. The highest BCUT2D eigenvalue weighted by Crippen LogP contribution is 2.34. The normalized spacial score (nSPS) is 20.7. The van der Waals surface area contributed by atoms with Crippen molar-refractivity contribution in [2.24, 2.45) is 0 Å². The summed E-state index contributed by atoms with van der Waals surface area (Å²) in [4.78, 5) is 27.0. The summed E-state index contributed by atoms with van der Waals surface area (Å²) in [5, 5.41) is 12.9. The molecular weight excluding hydrogens is 479 g/mol. The molecule has 2 aromatic rings. The Morgan fingerprint density at radius 3 is 2.56 bits per heavy atom. The van der Waals surface area contributed by atoms with Gasteiger partial charge in [-0.15, -0.1) is 12.4 Å². The molecule has 2 atom stereocenters. The number of amides is 1. The quantitative estimate of drug-likeness (QED) is 0.578. The minimum absolute atomic E-state index is 0. The summed E-state index contributed by atoms with van der Waals surface area (Å²) in [7, 11) is 0. The van der Waals surface area contributed by atoms with Gasteiger partial charge in [-0.3, -0.25) is 9.69 Å². The van der Waals surface area contributed by atoms with Crippen LogP contribution in [0.5, 0.6) is 5.75 Å². The zero-order valence-electron chi connectivity index (χ0n) is 19.0. The second-order valence-corrected chi connectivity index (χ2v) is 9.13. The zero-order chi connectivity index (χ0) is 23.4. The number of benzene rings is 2. The number of ether oxygens (including phenoxy) is 2. The van der Waals surface area contributed by atoms with Crippen molar-refractivity contribution in [2.75, 3.05) is 26.3 Å². The molecule has 0 radical (unpaired) electrons.